The van der Waals surface area contributed by atoms with Crippen molar-refractivity contribution in [3.63, 3.8) is 0 Å². The number of nitrogens with one attached hydrogen (secondary N) is 1. The summed E-state index contributed by atoms with van der Waals surface area (Å²) in [5, 5.41) is 3.44. The molecule has 0 aliphatic heterocycles. The molecule has 0 aliphatic carbocycles. The molecule has 1 atom stereocenters. The Morgan fingerprint density at radius 1 is 1.28 bits per heavy atom. The number of halogens is 2. The van der Waals surface area contributed by atoms with Crippen LogP contribution in [-0.4, -0.2) is 0 Å². The predicted octanol–water partition coefficient (Wildman–Crippen LogP) is 5.33. The first kappa shape index (κ1) is 13.4. The Balaban J connectivity index is 2.18. The van der Waals surface area contributed by atoms with Gasteiger partial charge in [-0.25, -0.2) is 4.39 Å². The van der Waals surface area contributed by atoms with Crippen molar-refractivity contribution in [2.75, 3.05) is 5.32 Å². The summed E-state index contributed by atoms with van der Waals surface area (Å²) in [5.74, 6) is -0.396. The molecular formula is C14H15ClFNS. The summed E-state index contributed by atoms with van der Waals surface area (Å²) in [4.78, 5) is 2.58. The minimum atomic E-state index is -0.396. The Bertz CT molecular complexity index is 565. The number of aryl methyl sites for hydroxylation is 2. The molecule has 1 aromatic heterocycles. The van der Waals surface area contributed by atoms with Gasteiger partial charge in [0.15, 0.2) is 0 Å². The van der Waals surface area contributed by atoms with Crippen LogP contribution in [0.25, 0.3) is 0 Å². The van der Waals surface area contributed by atoms with Crippen LogP contribution in [0.5, 0.6) is 0 Å². The molecule has 1 aromatic carbocycles. The van der Waals surface area contributed by atoms with Crippen LogP contribution in [0.1, 0.15) is 28.3 Å². The molecule has 1 N–H and O–H groups in total. The summed E-state index contributed by atoms with van der Waals surface area (Å²) in [7, 11) is 0. The molecule has 0 spiro atoms. The van der Waals surface area contributed by atoms with Gasteiger partial charge in [-0.3, -0.25) is 0 Å². The van der Waals surface area contributed by atoms with Crippen LogP contribution in [0.3, 0.4) is 0 Å². The maximum atomic E-state index is 13.3. The Morgan fingerprint density at radius 2 is 2.00 bits per heavy atom. The van der Waals surface area contributed by atoms with Crippen LogP contribution in [-0.2, 0) is 0 Å². The van der Waals surface area contributed by atoms with Gasteiger partial charge in [-0.1, -0.05) is 11.6 Å². The monoisotopic (exact) mass is 283 g/mol. The lowest BCUT2D eigenvalue weighted by Crippen LogP contribution is -2.06. The van der Waals surface area contributed by atoms with Crippen molar-refractivity contribution in [3.05, 3.63) is 50.4 Å². The second kappa shape index (κ2) is 5.29. The highest BCUT2D eigenvalue weighted by molar-refractivity contribution is 7.12. The highest BCUT2D eigenvalue weighted by atomic mass is 35.5. The van der Waals surface area contributed by atoms with Crippen molar-refractivity contribution in [2.24, 2.45) is 0 Å². The van der Waals surface area contributed by atoms with Crippen LogP contribution in [0.4, 0.5) is 10.1 Å². The molecule has 2 aromatic rings. The molecule has 0 aliphatic rings. The van der Waals surface area contributed by atoms with Gasteiger partial charge in [0.25, 0.3) is 0 Å². The molecule has 2 rings (SSSR count). The molecule has 1 unspecified atom stereocenters. The van der Waals surface area contributed by atoms with Crippen LogP contribution in [0, 0.1) is 19.7 Å². The molecule has 0 radical (unpaired) electrons. The first-order valence-electron chi connectivity index (χ1n) is 5.76. The van der Waals surface area contributed by atoms with Gasteiger partial charge < -0.3 is 5.32 Å². The number of rotatable bonds is 3. The van der Waals surface area contributed by atoms with Gasteiger partial charge in [-0.15, -0.1) is 11.3 Å². The van der Waals surface area contributed by atoms with E-state index in [9.17, 15) is 4.39 Å². The van der Waals surface area contributed by atoms with Crippen LogP contribution < -0.4 is 5.32 Å². The third-order valence-corrected chi connectivity index (χ3v) is 4.14. The van der Waals surface area contributed by atoms with E-state index in [0.29, 0.717) is 0 Å². The van der Waals surface area contributed by atoms with E-state index in [2.05, 4.69) is 32.2 Å². The molecule has 96 valence electrons. The SMILES string of the molecule is Cc1cc(C(C)Nc2ccc(Cl)c(F)c2)c(C)s1. The van der Waals surface area contributed by atoms with Gasteiger partial charge in [-0.2, -0.15) is 0 Å². The number of hydrogen-bond donors (Lipinski definition) is 1. The number of anilines is 1. The Hall–Kier alpha value is -1.06. The van der Waals surface area contributed by atoms with Crippen molar-refractivity contribution in [2.45, 2.75) is 26.8 Å². The quantitative estimate of drug-likeness (QED) is 0.803. The molecule has 0 amide bonds. The van der Waals surface area contributed by atoms with Gasteiger partial charge in [0.1, 0.15) is 5.82 Å². The molecule has 1 nitrogen and oxygen atoms in total. The minimum Gasteiger partial charge on any atom is -0.378 e. The highest BCUT2D eigenvalue weighted by Crippen LogP contribution is 2.29. The van der Waals surface area contributed by atoms with E-state index in [0.717, 1.165) is 5.69 Å². The van der Waals surface area contributed by atoms with E-state index >= 15 is 0 Å². The minimum absolute atomic E-state index is 0.149. The first-order chi connectivity index (χ1) is 8.47. The van der Waals surface area contributed by atoms with Gasteiger partial charge >= 0.3 is 0 Å². The molecule has 0 bridgehead atoms. The summed E-state index contributed by atoms with van der Waals surface area (Å²) in [6.07, 6.45) is 0. The Morgan fingerprint density at radius 3 is 2.56 bits per heavy atom. The molecule has 0 saturated heterocycles. The smallest absolute Gasteiger partial charge is 0.143 e. The van der Waals surface area contributed by atoms with Crippen molar-refractivity contribution < 1.29 is 4.39 Å². The summed E-state index contributed by atoms with van der Waals surface area (Å²) in [5.41, 5.74) is 2.00. The van der Waals surface area contributed by atoms with Crippen molar-refractivity contribution >= 4 is 28.6 Å². The number of thiophene rings is 1. The maximum absolute atomic E-state index is 13.3. The molecule has 0 saturated carbocycles. The first-order valence-corrected chi connectivity index (χ1v) is 6.95. The highest BCUT2D eigenvalue weighted by Gasteiger charge is 2.11. The fraction of sp³-hybridized carbons (Fsp3) is 0.286. The average Bonchev–Trinajstić information content (AvgIpc) is 2.63. The lowest BCUT2D eigenvalue weighted by molar-refractivity contribution is 0.628. The molecule has 18 heavy (non-hydrogen) atoms. The Kier molecular flexibility index (Phi) is 3.93. The molecule has 4 heteroatoms. The summed E-state index contributed by atoms with van der Waals surface area (Å²) < 4.78 is 13.3. The van der Waals surface area contributed by atoms with E-state index < -0.39 is 5.82 Å². The van der Waals surface area contributed by atoms with E-state index in [1.807, 2.05) is 0 Å². The standard InChI is InChI=1S/C14H15ClFNS/c1-8-6-12(10(3)18-8)9(2)17-11-4-5-13(15)14(16)7-11/h4-7,9,17H,1-3H3. The lowest BCUT2D eigenvalue weighted by atomic mass is 10.1. The summed E-state index contributed by atoms with van der Waals surface area (Å²) in [6.45, 7) is 6.27. The van der Waals surface area contributed by atoms with Gasteiger partial charge in [-0.05, 0) is 50.6 Å². The topological polar surface area (TPSA) is 12.0 Å². The largest absolute Gasteiger partial charge is 0.378 e. The number of hydrogen-bond acceptors (Lipinski definition) is 2. The molecular weight excluding hydrogens is 269 g/mol. The normalized spacial score (nSPS) is 12.5. The van der Waals surface area contributed by atoms with E-state index in [4.69, 9.17) is 11.6 Å². The summed E-state index contributed by atoms with van der Waals surface area (Å²) in [6, 6.07) is 7.10. The van der Waals surface area contributed by atoms with Crippen molar-refractivity contribution in [1.29, 1.82) is 0 Å². The van der Waals surface area contributed by atoms with Crippen molar-refractivity contribution in [3.8, 4) is 0 Å². The average molecular weight is 284 g/mol. The second-order valence-corrected chi connectivity index (χ2v) is 6.23. The van der Waals surface area contributed by atoms with E-state index in [-0.39, 0.29) is 11.1 Å². The van der Waals surface area contributed by atoms with Gasteiger partial charge in [0, 0.05) is 21.5 Å². The van der Waals surface area contributed by atoms with Gasteiger partial charge in [0.2, 0.25) is 0 Å². The number of benzene rings is 1. The van der Waals surface area contributed by atoms with Gasteiger partial charge in [0.05, 0.1) is 5.02 Å². The second-order valence-electron chi connectivity index (χ2n) is 4.36. The zero-order chi connectivity index (χ0) is 13.3. The predicted molar refractivity (Wildman–Crippen MR) is 77.2 cm³/mol. The summed E-state index contributed by atoms with van der Waals surface area (Å²) >= 11 is 7.44. The molecule has 1 heterocycles. The maximum Gasteiger partial charge on any atom is 0.143 e. The third kappa shape index (κ3) is 2.85. The fourth-order valence-electron chi connectivity index (χ4n) is 1.99. The zero-order valence-electron chi connectivity index (χ0n) is 10.6. The Labute approximate surface area is 116 Å². The van der Waals surface area contributed by atoms with Crippen LogP contribution in [0.2, 0.25) is 5.02 Å². The van der Waals surface area contributed by atoms with Crippen LogP contribution >= 0.6 is 22.9 Å². The lowest BCUT2D eigenvalue weighted by Gasteiger charge is -2.15. The molecule has 0 fully saturated rings. The fourth-order valence-corrected chi connectivity index (χ4v) is 3.13. The third-order valence-electron chi connectivity index (χ3n) is 2.85. The van der Waals surface area contributed by atoms with E-state index in [1.165, 1.54) is 21.4 Å². The van der Waals surface area contributed by atoms with Crippen molar-refractivity contribution in [1.82, 2.24) is 0 Å². The zero-order valence-corrected chi connectivity index (χ0v) is 12.1. The van der Waals surface area contributed by atoms with Crippen LogP contribution in [0.15, 0.2) is 24.3 Å². The van der Waals surface area contributed by atoms with E-state index in [1.54, 1.807) is 23.5 Å².